The lowest BCUT2D eigenvalue weighted by molar-refractivity contribution is 0.394. The van der Waals surface area contributed by atoms with Gasteiger partial charge in [0.15, 0.2) is 0 Å². The van der Waals surface area contributed by atoms with Gasteiger partial charge in [0.05, 0.1) is 18.0 Å². The van der Waals surface area contributed by atoms with Crippen molar-refractivity contribution in [2.45, 2.75) is 37.1 Å². The van der Waals surface area contributed by atoms with E-state index in [0.29, 0.717) is 11.4 Å². The molecule has 5 heteroatoms. The molecule has 0 aliphatic carbocycles. The van der Waals surface area contributed by atoms with E-state index in [9.17, 15) is 8.42 Å². The molecule has 0 N–H and O–H groups in total. The minimum Gasteiger partial charge on any atom is -0.497 e. The van der Waals surface area contributed by atoms with Gasteiger partial charge in [0.1, 0.15) is 5.75 Å². The molecule has 0 aromatic heterocycles. The zero-order chi connectivity index (χ0) is 17.2. The normalized spacial score (nSPS) is 18.7. The number of sulfonamides is 1. The molecule has 128 valence electrons. The Kier molecular flexibility index (Phi) is 4.92. The first-order valence-corrected chi connectivity index (χ1v) is 9.75. The van der Waals surface area contributed by atoms with Crippen LogP contribution < -0.4 is 4.74 Å². The summed E-state index contributed by atoms with van der Waals surface area (Å²) in [6.45, 7) is 2.62. The van der Waals surface area contributed by atoms with Crippen molar-refractivity contribution in [2.75, 3.05) is 13.7 Å². The van der Waals surface area contributed by atoms with Crippen LogP contribution in [0.15, 0.2) is 53.4 Å². The summed E-state index contributed by atoms with van der Waals surface area (Å²) in [4.78, 5) is 0.375. The van der Waals surface area contributed by atoms with Crippen molar-refractivity contribution in [1.29, 1.82) is 0 Å². The number of rotatable bonds is 5. The molecule has 0 unspecified atom stereocenters. The lowest BCUT2D eigenvalue weighted by Gasteiger charge is -2.24. The summed E-state index contributed by atoms with van der Waals surface area (Å²) < 4.78 is 32.9. The second-order valence-corrected chi connectivity index (χ2v) is 7.94. The SMILES string of the molecule is CCc1ccc(S(=O)(=O)N2CCC[C@@H]2c2ccc(OC)cc2)cc1. The fourth-order valence-electron chi connectivity index (χ4n) is 3.22. The van der Waals surface area contributed by atoms with Crippen molar-refractivity contribution >= 4 is 10.0 Å². The molecule has 1 heterocycles. The van der Waals surface area contributed by atoms with Crippen molar-refractivity contribution in [3.05, 3.63) is 59.7 Å². The monoisotopic (exact) mass is 345 g/mol. The molecule has 2 aromatic carbocycles. The topological polar surface area (TPSA) is 46.6 Å². The summed E-state index contributed by atoms with van der Waals surface area (Å²) in [6, 6.07) is 14.8. The highest BCUT2D eigenvalue weighted by Crippen LogP contribution is 2.37. The predicted octanol–water partition coefficient (Wildman–Crippen LogP) is 3.78. The molecule has 1 aliphatic rings. The first-order valence-electron chi connectivity index (χ1n) is 8.31. The highest BCUT2D eigenvalue weighted by atomic mass is 32.2. The lowest BCUT2D eigenvalue weighted by atomic mass is 10.1. The summed E-state index contributed by atoms with van der Waals surface area (Å²) in [5.41, 5.74) is 2.16. The van der Waals surface area contributed by atoms with Gasteiger partial charge in [-0.25, -0.2) is 8.42 Å². The van der Waals surface area contributed by atoms with Gasteiger partial charge < -0.3 is 4.74 Å². The average Bonchev–Trinajstić information content (AvgIpc) is 3.12. The maximum Gasteiger partial charge on any atom is 0.243 e. The Morgan fingerprint density at radius 2 is 1.75 bits per heavy atom. The van der Waals surface area contributed by atoms with Gasteiger partial charge in [0.25, 0.3) is 0 Å². The standard InChI is InChI=1S/C19H23NO3S/c1-3-15-6-12-18(13-7-15)24(21,22)20-14-4-5-19(20)16-8-10-17(23-2)11-9-16/h6-13,19H,3-5,14H2,1-2H3/t19-/m1/s1. The molecule has 0 saturated carbocycles. The zero-order valence-corrected chi connectivity index (χ0v) is 14.9. The average molecular weight is 345 g/mol. The highest BCUT2D eigenvalue weighted by Gasteiger charge is 2.36. The summed E-state index contributed by atoms with van der Waals surface area (Å²) in [6.07, 6.45) is 2.63. The van der Waals surface area contributed by atoms with Crippen molar-refractivity contribution < 1.29 is 13.2 Å². The fraction of sp³-hybridized carbons (Fsp3) is 0.368. The molecule has 1 aliphatic heterocycles. The van der Waals surface area contributed by atoms with E-state index >= 15 is 0 Å². The third kappa shape index (κ3) is 3.19. The van der Waals surface area contributed by atoms with Gasteiger partial charge >= 0.3 is 0 Å². The van der Waals surface area contributed by atoms with Gasteiger partial charge in [0, 0.05) is 6.54 Å². The predicted molar refractivity (Wildman–Crippen MR) is 94.7 cm³/mol. The van der Waals surface area contributed by atoms with Crippen LogP contribution in [-0.4, -0.2) is 26.4 Å². The van der Waals surface area contributed by atoms with E-state index in [2.05, 4.69) is 6.92 Å². The minimum absolute atomic E-state index is 0.105. The van der Waals surface area contributed by atoms with E-state index in [-0.39, 0.29) is 6.04 Å². The lowest BCUT2D eigenvalue weighted by Crippen LogP contribution is -2.30. The Bertz CT molecular complexity index is 782. The van der Waals surface area contributed by atoms with E-state index in [4.69, 9.17) is 4.74 Å². The van der Waals surface area contributed by atoms with Crippen LogP contribution in [-0.2, 0) is 16.4 Å². The number of ether oxygens (including phenoxy) is 1. The van der Waals surface area contributed by atoms with Crippen LogP contribution >= 0.6 is 0 Å². The molecule has 0 radical (unpaired) electrons. The van der Waals surface area contributed by atoms with E-state index in [1.165, 1.54) is 0 Å². The first kappa shape index (κ1) is 17.0. The molecular formula is C19H23NO3S. The van der Waals surface area contributed by atoms with E-state index < -0.39 is 10.0 Å². The number of benzene rings is 2. The molecule has 0 amide bonds. The highest BCUT2D eigenvalue weighted by molar-refractivity contribution is 7.89. The zero-order valence-electron chi connectivity index (χ0n) is 14.1. The quantitative estimate of drug-likeness (QED) is 0.828. The molecule has 24 heavy (non-hydrogen) atoms. The van der Waals surface area contributed by atoms with Crippen LogP contribution in [0.5, 0.6) is 5.75 Å². The Balaban J connectivity index is 1.90. The van der Waals surface area contributed by atoms with Crippen LogP contribution in [0.3, 0.4) is 0 Å². The Morgan fingerprint density at radius 1 is 1.08 bits per heavy atom. The summed E-state index contributed by atoms with van der Waals surface area (Å²) in [5, 5.41) is 0. The van der Waals surface area contributed by atoms with Gasteiger partial charge in [-0.3, -0.25) is 0 Å². The number of aryl methyl sites for hydroxylation is 1. The molecule has 0 bridgehead atoms. The smallest absolute Gasteiger partial charge is 0.243 e. The Morgan fingerprint density at radius 3 is 2.33 bits per heavy atom. The third-order valence-corrected chi connectivity index (χ3v) is 6.56. The second-order valence-electron chi connectivity index (χ2n) is 6.04. The van der Waals surface area contributed by atoms with Crippen molar-refractivity contribution in [1.82, 2.24) is 4.31 Å². The molecule has 3 rings (SSSR count). The van der Waals surface area contributed by atoms with E-state index in [1.54, 1.807) is 23.5 Å². The Hall–Kier alpha value is -1.85. The van der Waals surface area contributed by atoms with Gasteiger partial charge in [-0.05, 0) is 54.7 Å². The van der Waals surface area contributed by atoms with Crippen LogP contribution in [0.2, 0.25) is 0 Å². The van der Waals surface area contributed by atoms with Crippen LogP contribution in [0.25, 0.3) is 0 Å². The van der Waals surface area contributed by atoms with Crippen molar-refractivity contribution in [3.8, 4) is 5.75 Å². The van der Waals surface area contributed by atoms with Crippen molar-refractivity contribution in [3.63, 3.8) is 0 Å². The third-order valence-electron chi connectivity index (χ3n) is 4.64. The Labute approximate surface area is 144 Å². The van der Waals surface area contributed by atoms with E-state index in [0.717, 1.165) is 36.1 Å². The van der Waals surface area contributed by atoms with Crippen LogP contribution in [0.1, 0.15) is 36.9 Å². The maximum atomic E-state index is 13.0. The maximum absolute atomic E-state index is 13.0. The molecule has 2 aromatic rings. The largest absolute Gasteiger partial charge is 0.497 e. The number of hydrogen-bond acceptors (Lipinski definition) is 3. The van der Waals surface area contributed by atoms with Crippen LogP contribution in [0.4, 0.5) is 0 Å². The molecule has 1 saturated heterocycles. The molecule has 0 spiro atoms. The van der Waals surface area contributed by atoms with Gasteiger partial charge in [-0.15, -0.1) is 0 Å². The second kappa shape index (κ2) is 6.95. The summed E-state index contributed by atoms with van der Waals surface area (Å²) >= 11 is 0. The van der Waals surface area contributed by atoms with Gasteiger partial charge in [-0.1, -0.05) is 31.2 Å². The summed E-state index contributed by atoms with van der Waals surface area (Å²) in [7, 11) is -1.85. The van der Waals surface area contributed by atoms with E-state index in [1.807, 2.05) is 36.4 Å². The van der Waals surface area contributed by atoms with Crippen LogP contribution in [0, 0.1) is 0 Å². The molecular weight excluding hydrogens is 322 g/mol. The molecule has 1 atom stereocenters. The van der Waals surface area contributed by atoms with Gasteiger partial charge in [0.2, 0.25) is 10.0 Å². The molecule has 1 fully saturated rings. The number of methoxy groups -OCH3 is 1. The minimum atomic E-state index is -3.47. The van der Waals surface area contributed by atoms with Gasteiger partial charge in [-0.2, -0.15) is 4.31 Å². The fourth-order valence-corrected chi connectivity index (χ4v) is 4.90. The number of nitrogens with zero attached hydrogens (tertiary/aromatic N) is 1. The summed E-state index contributed by atoms with van der Waals surface area (Å²) in [5.74, 6) is 0.779. The molecule has 4 nitrogen and oxygen atoms in total. The van der Waals surface area contributed by atoms with Crippen molar-refractivity contribution in [2.24, 2.45) is 0 Å². The number of hydrogen-bond donors (Lipinski definition) is 0. The first-order chi connectivity index (χ1) is 11.6.